The van der Waals surface area contributed by atoms with Crippen molar-refractivity contribution in [1.29, 1.82) is 5.41 Å². The van der Waals surface area contributed by atoms with Crippen LogP contribution >= 0.6 is 15.9 Å². The summed E-state index contributed by atoms with van der Waals surface area (Å²) in [4.78, 5) is 2.07. The number of hydrogen-bond donors (Lipinski definition) is 2. The molecule has 1 aromatic carbocycles. The molecule has 1 aliphatic heterocycles. The van der Waals surface area contributed by atoms with Crippen LogP contribution < -0.4 is 10.6 Å². The highest BCUT2D eigenvalue weighted by Gasteiger charge is 2.28. The first kappa shape index (κ1) is 14.3. The molecule has 1 heterocycles. The Bertz CT molecular complexity index is 615. The first-order chi connectivity index (χ1) is 8.80. The van der Waals surface area contributed by atoms with E-state index in [0.29, 0.717) is 12.1 Å². The molecular weight excluding hydrogens is 330 g/mol. The van der Waals surface area contributed by atoms with Crippen LogP contribution in [0.5, 0.6) is 0 Å². The number of rotatable bonds is 2. The van der Waals surface area contributed by atoms with Gasteiger partial charge in [0.2, 0.25) is 0 Å². The molecule has 1 aromatic rings. The van der Waals surface area contributed by atoms with Gasteiger partial charge in [-0.25, -0.2) is 8.42 Å². The number of benzene rings is 1. The molecule has 0 amide bonds. The van der Waals surface area contributed by atoms with Crippen LogP contribution in [0.25, 0.3) is 0 Å². The molecule has 2 rings (SSSR count). The summed E-state index contributed by atoms with van der Waals surface area (Å²) in [6.45, 7) is 2.40. The molecule has 7 heteroatoms. The van der Waals surface area contributed by atoms with Gasteiger partial charge in [-0.1, -0.05) is 0 Å². The van der Waals surface area contributed by atoms with E-state index in [0.717, 1.165) is 10.2 Å². The highest BCUT2D eigenvalue weighted by molar-refractivity contribution is 9.10. The van der Waals surface area contributed by atoms with Gasteiger partial charge in [-0.2, -0.15) is 0 Å². The largest absolute Gasteiger partial charge is 0.384 e. The van der Waals surface area contributed by atoms with Crippen molar-refractivity contribution >= 4 is 37.3 Å². The van der Waals surface area contributed by atoms with Crippen molar-refractivity contribution in [3.8, 4) is 0 Å². The normalized spacial score (nSPS) is 22.2. The Hall–Kier alpha value is -1.08. The van der Waals surface area contributed by atoms with Crippen molar-refractivity contribution in [2.45, 2.75) is 13.0 Å². The van der Waals surface area contributed by atoms with Gasteiger partial charge in [0.15, 0.2) is 9.84 Å². The van der Waals surface area contributed by atoms with E-state index < -0.39 is 9.84 Å². The molecule has 0 aromatic heterocycles. The Morgan fingerprint density at radius 2 is 2.21 bits per heavy atom. The molecule has 19 heavy (non-hydrogen) atoms. The third-order valence-corrected chi connectivity index (χ3v) is 5.70. The van der Waals surface area contributed by atoms with E-state index in [9.17, 15) is 8.42 Å². The van der Waals surface area contributed by atoms with Gasteiger partial charge in [0.1, 0.15) is 5.84 Å². The lowest BCUT2D eigenvalue weighted by molar-refractivity contribution is 0.568. The number of sulfone groups is 1. The third kappa shape index (κ3) is 3.09. The van der Waals surface area contributed by atoms with E-state index in [1.165, 1.54) is 0 Å². The topological polar surface area (TPSA) is 87.2 Å². The summed E-state index contributed by atoms with van der Waals surface area (Å²) >= 11 is 3.39. The summed E-state index contributed by atoms with van der Waals surface area (Å²) in [6.07, 6.45) is 0. The predicted molar refractivity (Wildman–Crippen MR) is 80.6 cm³/mol. The predicted octanol–water partition coefficient (Wildman–Crippen LogP) is 1.36. The van der Waals surface area contributed by atoms with Crippen molar-refractivity contribution < 1.29 is 8.42 Å². The minimum Gasteiger partial charge on any atom is -0.384 e. The fourth-order valence-corrected chi connectivity index (χ4v) is 4.42. The number of nitrogens with one attached hydrogen (secondary N) is 1. The standard InChI is InChI=1S/C12H16BrN3O2S/c1-8-7-19(17,18)5-4-16(8)9-2-3-10(12(14)15)11(13)6-9/h2-3,6,8H,4-5,7H2,1H3,(H3,14,15). The Morgan fingerprint density at radius 3 is 2.74 bits per heavy atom. The summed E-state index contributed by atoms with van der Waals surface area (Å²) in [5.41, 5.74) is 7.05. The molecule has 104 valence electrons. The van der Waals surface area contributed by atoms with Crippen molar-refractivity contribution in [3.05, 3.63) is 28.2 Å². The summed E-state index contributed by atoms with van der Waals surface area (Å²) in [5.74, 6) is 0.371. The van der Waals surface area contributed by atoms with Crippen LogP contribution in [0, 0.1) is 5.41 Å². The molecule has 1 atom stereocenters. The fourth-order valence-electron chi connectivity index (χ4n) is 2.28. The Labute approximate surface area is 121 Å². The zero-order chi connectivity index (χ0) is 14.2. The van der Waals surface area contributed by atoms with E-state index in [1.54, 1.807) is 6.07 Å². The number of amidine groups is 1. The van der Waals surface area contributed by atoms with Gasteiger partial charge >= 0.3 is 0 Å². The first-order valence-corrected chi connectivity index (χ1v) is 8.52. The van der Waals surface area contributed by atoms with Crippen LogP contribution in [0.3, 0.4) is 0 Å². The van der Waals surface area contributed by atoms with E-state index >= 15 is 0 Å². The van der Waals surface area contributed by atoms with Gasteiger partial charge < -0.3 is 10.6 Å². The molecule has 0 saturated carbocycles. The number of nitrogens with two attached hydrogens (primary N) is 1. The van der Waals surface area contributed by atoms with Gasteiger partial charge in [0.05, 0.1) is 11.5 Å². The van der Waals surface area contributed by atoms with Gasteiger partial charge in [-0.3, -0.25) is 5.41 Å². The molecule has 0 bridgehead atoms. The second kappa shape index (κ2) is 5.13. The van der Waals surface area contributed by atoms with Crippen LogP contribution in [0.4, 0.5) is 5.69 Å². The third-order valence-electron chi connectivity index (χ3n) is 3.24. The van der Waals surface area contributed by atoms with Crippen molar-refractivity contribution in [2.24, 2.45) is 5.73 Å². The molecule has 0 spiro atoms. The average molecular weight is 346 g/mol. The molecule has 5 nitrogen and oxygen atoms in total. The molecule has 1 saturated heterocycles. The minimum absolute atomic E-state index is 0.00713. The number of anilines is 1. The smallest absolute Gasteiger partial charge is 0.154 e. The molecule has 0 aliphatic carbocycles. The van der Waals surface area contributed by atoms with Gasteiger partial charge in [0, 0.05) is 28.3 Å². The van der Waals surface area contributed by atoms with Crippen molar-refractivity contribution in [2.75, 3.05) is 23.0 Å². The zero-order valence-electron chi connectivity index (χ0n) is 10.6. The summed E-state index contributed by atoms with van der Waals surface area (Å²) in [7, 11) is -2.91. The summed E-state index contributed by atoms with van der Waals surface area (Å²) in [6, 6.07) is 5.48. The highest BCUT2D eigenvalue weighted by Crippen LogP contribution is 2.27. The molecular formula is C12H16BrN3O2S. The van der Waals surface area contributed by atoms with E-state index in [2.05, 4.69) is 20.8 Å². The maximum Gasteiger partial charge on any atom is 0.154 e. The van der Waals surface area contributed by atoms with Crippen LogP contribution in [-0.2, 0) is 9.84 Å². The molecule has 3 N–H and O–H groups in total. The van der Waals surface area contributed by atoms with Crippen molar-refractivity contribution in [1.82, 2.24) is 0 Å². The summed E-state index contributed by atoms with van der Waals surface area (Å²) < 4.78 is 23.9. The monoisotopic (exact) mass is 345 g/mol. The fraction of sp³-hybridized carbons (Fsp3) is 0.417. The maximum atomic E-state index is 11.6. The van der Waals surface area contributed by atoms with Crippen LogP contribution in [0.2, 0.25) is 0 Å². The zero-order valence-corrected chi connectivity index (χ0v) is 13.0. The number of nitrogen functional groups attached to an aromatic ring is 1. The Balaban J connectivity index is 2.28. The lowest BCUT2D eigenvalue weighted by Gasteiger charge is -2.35. The van der Waals surface area contributed by atoms with Crippen molar-refractivity contribution in [3.63, 3.8) is 0 Å². The molecule has 1 fully saturated rings. The summed E-state index contributed by atoms with van der Waals surface area (Å²) in [5, 5.41) is 7.44. The number of nitrogens with zero attached hydrogens (tertiary/aromatic N) is 1. The lowest BCUT2D eigenvalue weighted by atomic mass is 10.1. The second-order valence-corrected chi connectivity index (χ2v) is 7.82. The van der Waals surface area contributed by atoms with E-state index in [4.69, 9.17) is 11.1 Å². The van der Waals surface area contributed by atoms with E-state index in [1.807, 2.05) is 19.1 Å². The average Bonchev–Trinajstić information content (AvgIpc) is 2.26. The van der Waals surface area contributed by atoms with Gasteiger partial charge in [-0.15, -0.1) is 0 Å². The molecule has 1 aliphatic rings. The van der Waals surface area contributed by atoms with Crippen LogP contribution in [0.1, 0.15) is 12.5 Å². The molecule has 1 unspecified atom stereocenters. The quantitative estimate of drug-likeness (QED) is 0.625. The minimum atomic E-state index is -2.91. The van der Waals surface area contributed by atoms with Crippen LogP contribution in [-0.4, -0.2) is 38.3 Å². The SMILES string of the molecule is CC1CS(=O)(=O)CCN1c1ccc(C(=N)N)c(Br)c1. The maximum absolute atomic E-state index is 11.6. The number of halogens is 1. The van der Waals surface area contributed by atoms with E-state index in [-0.39, 0.29) is 23.4 Å². The number of hydrogen-bond acceptors (Lipinski definition) is 4. The van der Waals surface area contributed by atoms with Gasteiger partial charge in [-0.05, 0) is 41.1 Å². The van der Waals surface area contributed by atoms with Gasteiger partial charge in [0.25, 0.3) is 0 Å². The highest BCUT2D eigenvalue weighted by atomic mass is 79.9. The first-order valence-electron chi connectivity index (χ1n) is 5.91. The van der Waals surface area contributed by atoms with Crippen LogP contribution in [0.15, 0.2) is 22.7 Å². The molecule has 0 radical (unpaired) electrons. The Kier molecular flexibility index (Phi) is 3.87. The Morgan fingerprint density at radius 1 is 1.53 bits per heavy atom. The second-order valence-electron chi connectivity index (χ2n) is 4.73. The lowest BCUT2D eigenvalue weighted by Crippen LogP contribution is -2.47.